The van der Waals surface area contributed by atoms with Gasteiger partial charge in [0.2, 0.25) is 0 Å². The summed E-state index contributed by atoms with van der Waals surface area (Å²) in [5, 5.41) is 10.1. The lowest BCUT2D eigenvalue weighted by Crippen LogP contribution is -2.37. The summed E-state index contributed by atoms with van der Waals surface area (Å²) < 4.78 is 5.20. The smallest absolute Gasteiger partial charge is 0.335 e. The quantitative estimate of drug-likeness (QED) is 0.785. The van der Waals surface area contributed by atoms with Crippen LogP contribution in [0.15, 0.2) is 54.6 Å². The van der Waals surface area contributed by atoms with Crippen molar-refractivity contribution in [3.8, 4) is 0 Å². The summed E-state index contributed by atoms with van der Waals surface area (Å²) in [4.78, 5) is 14.4. The molecule has 0 radical (unpaired) electrons. The fourth-order valence-corrected chi connectivity index (χ4v) is 3.34. The Morgan fingerprint density at radius 3 is 2.30 bits per heavy atom. The number of rotatable bonds is 6. The van der Waals surface area contributed by atoms with Crippen LogP contribution >= 0.6 is 0 Å². The van der Waals surface area contributed by atoms with E-state index in [1.165, 1.54) is 18.5 Å². The lowest BCUT2D eigenvalue weighted by atomic mass is 9.82. The first-order chi connectivity index (χ1) is 12.9. The fraction of sp³-hybridized carbons (Fsp3) is 0.435. The molecule has 2 aromatic rings. The molecule has 0 aliphatic carbocycles. The standard InChI is InChI=1S/C23H29NO3/c1-23(2)12-14-24(15-13-23)20-10-8-18(9-11-20)16-21(25)22(26)27-17-19-6-4-3-5-7-19/h3-11,21,25H,12-17H2,1-2H3. The van der Waals surface area contributed by atoms with E-state index in [2.05, 4.69) is 30.9 Å². The molecule has 1 unspecified atom stereocenters. The van der Waals surface area contributed by atoms with Crippen LogP contribution in [-0.4, -0.2) is 30.3 Å². The zero-order valence-electron chi connectivity index (χ0n) is 16.2. The molecule has 27 heavy (non-hydrogen) atoms. The van der Waals surface area contributed by atoms with Gasteiger partial charge in [0.05, 0.1) is 0 Å². The van der Waals surface area contributed by atoms with Gasteiger partial charge in [-0.1, -0.05) is 56.3 Å². The molecule has 0 amide bonds. The average Bonchev–Trinajstić information content (AvgIpc) is 2.67. The van der Waals surface area contributed by atoms with Crippen LogP contribution in [-0.2, 0) is 22.6 Å². The predicted octanol–water partition coefficient (Wildman–Crippen LogP) is 3.96. The molecule has 1 aliphatic rings. The van der Waals surface area contributed by atoms with Crippen molar-refractivity contribution in [3.05, 3.63) is 65.7 Å². The molecule has 0 spiro atoms. The summed E-state index contributed by atoms with van der Waals surface area (Å²) in [6.45, 7) is 6.97. The summed E-state index contributed by atoms with van der Waals surface area (Å²) in [7, 11) is 0. The average molecular weight is 367 g/mol. The van der Waals surface area contributed by atoms with Crippen molar-refractivity contribution in [2.24, 2.45) is 5.41 Å². The van der Waals surface area contributed by atoms with Crippen LogP contribution in [0, 0.1) is 5.41 Å². The van der Waals surface area contributed by atoms with Crippen LogP contribution in [0.1, 0.15) is 37.8 Å². The van der Waals surface area contributed by atoms with Crippen molar-refractivity contribution >= 4 is 11.7 Å². The van der Waals surface area contributed by atoms with Gasteiger partial charge >= 0.3 is 5.97 Å². The number of piperidine rings is 1. The molecule has 4 nitrogen and oxygen atoms in total. The maximum absolute atomic E-state index is 12.0. The Bertz CT molecular complexity index is 730. The highest BCUT2D eigenvalue weighted by Gasteiger charge is 2.25. The first kappa shape index (κ1) is 19.4. The van der Waals surface area contributed by atoms with E-state index in [-0.39, 0.29) is 13.0 Å². The number of esters is 1. The van der Waals surface area contributed by atoms with Gasteiger partial charge < -0.3 is 14.7 Å². The summed E-state index contributed by atoms with van der Waals surface area (Å²) >= 11 is 0. The summed E-state index contributed by atoms with van der Waals surface area (Å²) in [5.74, 6) is -0.582. The van der Waals surface area contributed by atoms with E-state index in [0.29, 0.717) is 5.41 Å². The molecule has 2 aromatic carbocycles. The molecule has 0 aromatic heterocycles. The molecular formula is C23H29NO3. The second-order valence-electron chi connectivity index (χ2n) is 8.13. The van der Waals surface area contributed by atoms with Gasteiger partial charge in [-0.25, -0.2) is 4.79 Å². The van der Waals surface area contributed by atoms with Crippen molar-refractivity contribution in [3.63, 3.8) is 0 Å². The minimum absolute atomic E-state index is 0.182. The Morgan fingerprint density at radius 2 is 1.67 bits per heavy atom. The van der Waals surface area contributed by atoms with Crippen molar-refractivity contribution in [2.45, 2.75) is 45.8 Å². The Balaban J connectivity index is 1.49. The molecular weight excluding hydrogens is 338 g/mol. The minimum Gasteiger partial charge on any atom is -0.459 e. The molecule has 1 N–H and O–H groups in total. The zero-order valence-corrected chi connectivity index (χ0v) is 16.2. The number of nitrogens with zero attached hydrogens (tertiary/aromatic N) is 1. The van der Waals surface area contributed by atoms with E-state index in [0.717, 1.165) is 24.2 Å². The molecule has 1 saturated heterocycles. The van der Waals surface area contributed by atoms with Gasteiger partial charge in [0.15, 0.2) is 6.10 Å². The zero-order chi connectivity index (χ0) is 19.3. The molecule has 144 valence electrons. The predicted molar refractivity (Wildman–Crippen MR) is 108 cm³/mol. The Hall–Kier alpha value is -2.33. The van der Waals surface area contributed by atoms with Crippen molar-refractivity contribution in [2.75, 3.05) is 18.0 Å². The van der Waals surface area contributed by atoms with Crippen molar-refractivity contribution < 1.29 is 14.6 Å². The summed E-state index contributed by atoms with van der Waals surface area (Å²) in [6.07, 6.45) is 1.51. The first-order valence-electron chi connectivity index (χ1n) is 9.65. The SMILES string of the molecule is CC1(C)CCN(c2ccc(CC(O)C(=O)OCc3ccccc3)cc2)CC1. The Kier molecular flexibility index (Phi) is 6.17. The van der Waals surface area contributed by atoms with Gasteiger partial charge in [-0.3, -0.25) is 0 Å². The number of ether oxygens (including phenoxy) is 1. The van der Waals surface area contributed by atoms with E-state index in [1.54, 1.807) is 0 Å². The second kappa shape index (κ2) is 8.57. The van der Waals surface area contributed by atoms with E-state index in [9.17, 15) is 9.90 Å². The number of anilines is 1. The van der Waals surface area contributed by atoms with Gasteiger partial charge in [-0.15, -0.1) is 0 Å². The maximum Gasteiger partial charge on any atom is 0.335 e. The normalized spacial score (nSPS) is 17.4. The Morgan fingerprint density at radius 1 is 1.04 bits per heavy atom. The molecule has 4 heteroatoms. The number of hydrogen-bond acceptors (Lipinski definition) is 4. The highest BCUT2D eigenvalue weighted by atomic mass is 16.5. The first-order valence-corrected chi connectivity index (χ1v) is 9.65. The van der Waals surface area contributed by atoms with Gasteiger partial charge in [0, 0.05) is 25.2 Å². The van der Waals surface area contributed by atoms with Crippen LogP contribution in [0.4, 0.5) is 5.69 Å². The van der Waals surface area contributed by atoms with Crippen LogP contribution < -0.4 is 4.90 Å². The molecule has 0 bridgehead atoms. The topological polar surface area (TPSA) is 49.8 Å². The van der Waals surface area contributed by atoms with Gasteiger partial charge in [-0.2, -0.15) is 0 Å². The Labute approximate surface area is 161 Å². The van der Waals surface area contributed by atoms with Crippen LogP contribution in [0.2, 0.25) is 0 Å². The number of benzene rings is 2. The summed E-state index contributed by atoms with van der Waals surface area (Å²) in [5.41, 5.74) is 3.48. The van der Waals surface area contributed by atoms with E-state index in [4.69, 9.17) is 4.74 Å². The highest BCUT2D eigenvalue weighted by molar-refractivity contribution is 5.74. The monoisotopic (exact) mass is 367 g/mol. The molecule has 1 heterocycles. The highest BCUT2D eigenvalue weighted by Crippen LogP contribution is 2.32. The van der Waals surface area contributed by atoms with Gasteiger partial charge in [0.1, 0.15) is 6.61 Å². The third kappa shape index (κ3) is 5.57. The van der Waals surface area contributed by atoms with Crippen LogP contribution in [0.3, 0.4) is 0 Å². The number of carbonyl (C=O) groups excluding carboxylic acids is 1. The molecule has 3 rings (SSSR count). The van der Waals surface area contributed by atoms with E-state index < -0.39 is 12.1 Å². The van der Waals surface area contributed by atoms with Crippen molar-refractivity contribution in [1.82, 2.24) is 0 Å². The largest absolute Gasteiger partial charge is 0.459 e. The fourth-order valence-electron chi connectivity index (χ4n) is 3.34. The molecule has 1 aliphatic heterocycles. The molecule has 0 saturated carbocycles. The second-order valence-corrected chi connectivity index (χ2v) is 8.13. The lowest BCUT2D eigenvalue weighted by molar-refractivity contribution is -0.154. The van der Waals surface area contributed by atoms with Gasteiger partial charge in [0.25, 0.3) is 0 Å². The van der Waals surface area contributed by atoms with E-state index in [1.807, 2.05) is 42.5 Å². The lowest BCUT2D eigenvalue weighted by Gasteiger charge is -2.38. The van der Waals surface area contributed by atoms with Crippen LogP contribution in [0.5, 0.6) is 0 Å². The number of carbonyl (C=O) groups is 1. The number of aliphatic hydroxyl groups excluding tert-OH is 1. The number of hydrogen-bond donors (Lipinski definition) is 1. The minimum atomic E-state index is -1.14. The maximum atomic E-state index is 12.0. The summed E-state index contributed by atoms with van der Waals surface area (Å²) in [6, 6.07) is 17.6. The number of aliphatic hydroxyl groups is 1. The van der Waals surface area contributed by atoms with E-state index >= 15 is 0 Å². The van der Waals surface area contributed by atoms with Gasteiger partial charge in [-0.05, 0) is 41.5 Å². The third-order valence-electron chi connectivity index (χ3n) is 5.34. The van der Waals surface area contributed by atoms with Crippen molar-refractivity contribution in [1.29, 1.82) is 0 Å². The molecule has 1 atom stereocenters. The third-order valence-corrected chi connectivity index (χ3v) is 5.34. The van der Waals surface area contributed by atoms with Crippen LogP contribution in [0.25, 0.3) is 0 Å². The molecule has 1 fully saturated rings.